The molecule has 3 heterocycles. The number of H-pyrrole nitrogens is 2. The summed E-state index contributed by atoms with van der Waals surface area (Å²) >= 11 is 0. The summed E-state index contributed by atoms with van der Waals surface area (Å²) in [5, 5.41) is 24.6. The molecular formula is C29H31N7O3. The number of fused-ring (bicyclic) bond motifs is 1. The number of amides is 1. The first-order valence-electron chi connectivity index (χ1n) is 12.9. The van der Waals surface area contributed by atoms with E-state index in [2.05, 4.69) is 55.7 Å². The van der Waals surface area contributed by atoms with Gasteiger partial charge in [0.1, 0.15) is 29.8 Å². The third-order valence-corrected chi connectivity index (χ3v) is 6.49. The van der Waals surface area contributed by atoms with Gasteiger partial charge >= 0.3 is 0 Å². The van der Waals surface area contributed by atoms with Crippen molar-refractivity contribution in [2.75, 3.05) is 19.7 Å². The molecule has 1 atom stereocenters. The Morgan fingerprint density at radius 1 is 1.13 bits per heavy atom. The number of carbonyl (C=O) groups is 1. The monoisotopic (exact) mass is 525 g/mol. The number of imidazole rings is 1. The van der Waals surface area contributed by atoms with Gasteiger partial charge in [-0.2, -0.15) is 5.10 Å². The Kier molecular flexibility index (Phi) is 7.95. The molecule has 5 aromatic rings. The zero-order valence-corrected chi connectivity index (χ0v) is 21.9. The maximum absolute atomic E-state index is 12.7. The Morgan fingerprint density at radius 2 is 1.97 bits per heavy atom. The average molecular weight is 526 g/mol. The van der Waals surface area contributed by atoms with E-state index in [1.54, 1.807) is 12.1 Å². The standard InChI is InChI=1S/C29H31N7O3/c1-3-30-12-20-13-31-15-24(18(20)2)19-9-10-25-23(11-19)27(36-35-25)28-32-16-26(34-28)29(38)33-14-21(37)17-39-22-7-5-4-6-8-22/h4-11,13,15-16,21,30,37H,3,12,14,17H2,1-2H3,(H,32,34)(H,33,38)(H,35,36). The van der Waals surface area contributed by atoms with Crippen LogP contribution in [0.1, 0.15) is 28.5 Å². The largest absolute Gasteiger partial charge is 0.491 e. The van der Waals surface area contributed by atoms with Crippen LogP contribution >= 0.6 is 0 Å². The number of hydrogen-bond donors (Lipinski definition) is 5. The Hall–Kier alpha value is -4.54. The number of rotatable bonds is 11. The molecule has 0 radical (unpaired) electrons. The van der Waals surface area contributed by atoms with Gasteiger partial charge in [0.2, 0.25) is 0 Å². The molecule has 10 nitrogen and oxygen atoms in total. The molecule has 200 valence electrons. The number of para-hydroxylation sites is 1. The minimum absolute atomic E-state index is 0.0366. The SMILES string of the molecule is CCNCc1cncc(-c2ccc3[nH]nc(-c4ncc(C(=O)NCC(O)COc5ccccc5)[nH]4)c3c2)c1C. The van der Waals surface area contributed by atoms with E-state index in [0.717, 1.165) is 40.7 Å². The molecule has 0 aliphatic carbocycles. The highest BCUT2D eigenvalue weighted by Crippen LogP contribution is 2.31. The van der Waals surface area contributed by atoms with E-state index in [9.17, 15) is 9.90 Å². The molecule has 0 fully saturated rings. The lowest BCUT2D eigenvalue weighted by Crippen LogP contribution is -2.35. The molecule has 5 N–H and O–H groups in total. The minimum atomic E-state index is -0.862. The highest BCUT2D eigenvalue weighted by Gasteiger charge is 2.17. The fraction of sp³-hybridized carbons (Fsp3) is 0.241. The lowest BCUT2D eigenvalue weighted by atomic mass is 9.98. The van der Waals surface area contributed by atoms with E-state index in [-0.39, 0.29) is 24.8 Å². The van der Waals surface area contributed by atoms with E-state index in [1.807, 2.05) is 42.7 Å². The van der Waals surface area contributed by atoms with Gasteiger partial charge in [-0.05, 0) is 54.4 Å². The Balaban J connectivity index is 1.29. The normalized spacial score (nSPS) is 12.0. The highest BCUT2D eigenvalue weighted by atomic mass is 16.5. The lowest BCUT2D eigenvalue weighted by molar-refractivity contribution is 0.0840. The van der Waals surface area contributed by atoms with Gasteiger partial charge in [-0.15, -0.1) is 0 Å². The van der Waals surface area contributed by atoms with Crippen LogP contribution in [0.5, 0.6) is 5.75 Å². The Bertz CT molecular complexity index is 1560. The van der Waals surface area contributed by atoms with Crippen molar-refractivity contribution in [3.05, 3.63) is 83.9 Å². The number of aliphatic hydroxyl groups excluding tert-OH is 1. The van der Waals surface area contributed by atoms with Crippen molar-refractivity contribution in [3.8, 4) is 28.4 Å². The molecule has 2 aromatic carbocycles. The molecule has 39 heavy (non-hydrogen) atoms. The number of aromatic amines is 2. The topological polar surface area (TPSA) is 141 Å². The molecule has 1 amide bonds. The van der Waals surface area contributed by atoms with Crippen molar-refractivity contribution in [2.45, 2.75) is 26.5 Å². The second-order valence-electron chi connectivity index (χ2n) is 9.22. The van der Waals surface area contributed by atoms with E-state index in [1.165, 1.54) is 11.8 Å². The summed E-state index contributed by atoms with van der Waals surface area (Å²) in [5.74, 6) is 0.739. The lowest BCUT2D eigenvalue weighted by Gasteiger charge is -2.12. The number of hydrogen-bond acceptors (Lipinski definition) is 7. The molecule has 3 aromatic heterocycles. The quantitative estimate of drug-likeness (QED) is 0.177. The van der Waals surface area contributed by atoms with E-state index >= 15 is 0 Å². The predicted molar refractivity (Wildman–Crippen MR) is 149 cm³/mol. The molecule has 0 saturated heterocycles. The van der Waals surface area contributed by atoms with Crippen molar-refractivity contribution in [2.24, 2.45) is 0 Å². The van der Waals surface area contributed by atoms with Crippen molar-refractivity contribution < 1.29 is 14.6 Å². The average Bonchev–Trinajstić information content (AvgIpc) is 3.62. The second kappa shape index (κ2) is 11.9. The molecule has 5 rings (SSSR count). The number of pyridine rings is 1. The first-order valence-corrected chi connectivity index (χ1v) is 12.9. The van der Waals surface area contributed by atoms with Crippen molar-refractivity contribution in [1.29, 1.82) is 0 Å². The number of nitrogens with one attached hydrogen (secondary N) is 4. The van der Waals surface area contributed by atoms with Crippen LogP contribution in [-0.4, -0.2) is 62.0 Å². The van der Waals surface area contributed by atoms with Gasteiger partial charge in [0.05, 0.1) is 11.7 Å². The molecule has 0 aliphatic rings. The van der Waals surface area contributed by atoms with Gasteiger partial charge in [0.15, 0.2) is 5.82 Å². The van der Waals surface area contributed by atoms with Gasteiger partial charge in [-0.3, -0.25) is 14.9 Å². The molecular weight excluding hydrogens is 494 g/mol. The predicted octanol–water partition coefficient (Wildman–Crippen LogP) is 3.60. The van der Waals surface area contributed by atoms with Gasteiger partial charge in [-0.25, -0.2) is 4.98 Å². The first-order chi connectivity index (χ1) is 19.0. The van der Waals surface area contributed by atoms with E-state index < -0.39 is 6.10 Å². The van der Waals surface area contributed by atoms with Crippen LogP contribution in [0.25, 0.3) is 33.5 Å². The Labute approximate surface area is 225 Å². The third-order valence-electron chi connectivity index (χ3n) is 6.49. The third kappa shape index (κ3) is 5.97. The van der Waals surface area contributed by atoms with Gasteiger partial charge in [0.25, 0.3) is 5.91 Å². The fourth-order valence-electron chi connectivity index (χ4n) is 4.29. The number of ether oxygens (including phenoxy) is 1. The maximum Gasteiger partial charge on any atom is 0.269 e. The molecule has 0 spiro atoms. The maximum atomic E-state index is 12.7. The van der Waals surface area contributed by atoms with Crippen LogP contribution in [-0.2, 0) is 6.54 Å². The second-order valence-corrected chi connectivity index (χ2v) is 9.22. The van der Waals surface area contributed by atoms with E-state index in [0.29, 0.717) is 17.3 Å². The Morgan fingerprint density at radius 3 is 2.79 bits per heavy atom. The smallest absolute Gasteiger partial charge is 0.269 e. The summed E-state index contributed by atoms with van der Waals surface area (Å²) < 4.78 is 5.53. The molecule has 0 bridgehead atoms. The van der Waals surface area contributed by atoms with E-state index in [4.69, 9.17) is 4.74 Å². The summed E-state index contributed by atoms with van der Waals surface area (Å²) in [6, 6.07) is 15.3. The van der Waals surface area contributed by atoms with Gasteiger partial charge < -0.3 is 25.5 Å². The first kappa shape index (κ1) is 26.1. The molecule has 0 saturated carbocycles. The van der Waals surface area contributed by atoms with Crippen LogP contribution in [0.15, 0.2) is 67.1 Å². The summed E-state index contributed by atoms with van der Waals surface area (Å²) in [6.07, 6.45) is 4.37. The summed E-state index contributed by atoms with van der Waals surface area (Å²) in [6.45, 7) is 5.93. The van der Waals surface area contributed by atoms with Crippen LogP contribution in [0.3, 0.4) is 0 Å². The minimum Gasteiger partial charge on any atom is -0.491 e. The zero-order valence-electron chi connectivity index (χ0n) is 21.9. The van der Waals surface area contributed by atoms with Gasteiger partial charge in [-0.1, -0.05) is 31.2 Å². The van der Waals surface area contributed by atoms with Gasteiger partial charge in [0, 0.05) is 36.4 Å². The highest BCUT2D eigenvalue weighted by molar-refractivity contribution is 5.96. The van der Waals surface area contributed by atoms with Crippen molar-refractivity contribution >= 4 is 16.8 Å². The van der Waals surface area contributed by atoms with Crippen LogP contribution in [0.2, 0.25) is 0 Å². The van der Waals surface area contributed by atoms with Crippen LogP contribution in [0, 0.1) is 6.92 Å². The zero-order chi connectivity index (χ0) is 27.2. The number of aliphatic hydroxyl groups is 1. The number of benzene rings is 2. The van der Waals surface area contributed by atoms with Crippen LogP contribution < -0.4 is 15.4 Å². The molecule has 0 aliphatic heterocycles. The number of aromatic nitrogens is 5. The summed E-state index contributed by atoms with van der Waals surface area (Å²) in [5.41, 5.74) is 6.12. The summed E-state index contributed by atoms with van der Waals surface area (Å²) in [4.78, 5) is 24.6. The van der Waals surface area contributed by atoms with Crippen LogP contribution in [0.4, 0.5) is 0 Å². The number of nitrogens with zero attached hydrogens (tertiary/aromatic N) is 3. The number of carbonyl (C=O) groups excluding carboxylic acids is 1. The van der Waals surface area contributed by atoms with Crippen molar-refractivity contribution in [1.82, 2.24) is 35.8 Å². The molecule has 10 heteroatoms. The summed E-state index contributed by atoms with van der Waals surface area (Å²) in [7, 11) is 0. The fourth-order valence-corrected chi connectivity index (χ4v) is 4.29. The molecule has 1 unspecified atom stereocenters. The van der Waals surface area contributed by atoms with Crippen molar-refractivity contribution in [3.63, 3.8) is 0 Å².